The van der Waals surface area contributed by atoms with E-state index in [1.165, 1.54) is 12.1 Å². The third-order valence-electron chi connectivity index (χ3n) is 3.54. The largest absolute Gasteiger partial charge is 0.351 e. The SMILES string of the molecule is CC[C@@H](NS(=O)(=O)c1ccc(C)cc1)C(=O)NCc1cccnc1. The van der Waals surface area contributed by atoms with Crippen LogP contribution in [-0.2, 0) is 21.4 Å². The molecule has 2 N–H and O–H groups in total. The quantitative estimate of drug-likeness (QED) is 0.799. The molecule has 0 aliphatic heterocycles. The minimum Gasteiger partial charge on any atom is -0.351 e. The number of sulfonamides is 1. The highest BCUT2D eigenvalue weighted by Crippen LogP contribution is 2.11. The molecule has 1 aromatic carbocycles. The highest BCUT2D eigenvalue weighted by atomic mass is 32.2. The Balaban J connectivity index is 2.02. The number of aromatic nitrogens is 1. The Morgan fingerprint density at radius 2 is 1.92 bits per heavy atom. The molecule has 0 fully saturated rings. The maximum absolute atomic E-state index is 12.4. The van der Waals surface area contributed by atoms with Gasteiger partial charge in [0, 0.05) is 18.9 Å². The summed E-state index contributed by atoms with van der Waals surface area (Å²) in [6, 6.07) is 9.28. The van der Waals surface area contributed by atoms with Crippen LogP contribution in [0.15, 0.2) is 53.7 Å². The van der Waals surface area contributed by atoms with Gasteiger partial charge in [0.1, 0.15) is 6.04 Å². The van der Waals surface area contributed by atoms with Gasteiger partial charge >= 0.3 is 0 Å². The molecule has 0 bridgehead atoms. The highest BCUT2D eigenvalue weighted by molar-refractivity contribution is 7.89. The van der Waals surface area contributed by atoms with Crippen LogP contribution in [-0.4, -0.2) is 25.4 Å². The van der Waals surface area contributed by atoms with Gasteiger partial charge in [0.15, 0.2) is 0 Å². The molecule has 2 rings (SSSR count). The van der Waals surface area contributed by atoms with Crippen molar-refractivity contribution in [3.63, 3.8) is 0 Å². The van der Waals surface area contributed by atoms with E-state index in [1.807, 2.05) is 13.0 Å². The fraction of sp³-hybridized carbons (Fsp3) is 0.294. The highest BCUT2D eigenvalue weighted by Gasteiger charge is 2.24. The predicted molar refractivity (Wildman–Crippen MR) is 91.7 cm³/mol. The van der Waals surface area contributed by atoms with Gasteiger partial charge in [-0.3, -0.25) is 9.78 Å². The summed E-state index contributed by atoms with van der Waals surface area (Å²) in [6.45, 7) is 3.94. The predicted octanol–water partition coefficient (Wildman–Crippen LogP) is 1.76. The molecule has 128 valence electrons. The molecule has 1 heterocycles. The summed E-state index contributed by atoms with van der Waals surface area (Å²) in [5.41, 5.74) is 1.82. The third kappa shape index (κ3) is 4.87. The smallest absolute Gasteiger partial charge is 0.241 e. The van der Waals surface area contributed by atoms with E-state index in [1.54, 1.807) is 37.5 Å². The van der Waals surface area contributed by atoms with E-state index in [2.05, 4.69) is 15.0 Å². The second-order valence-electron chi connectivity index (χ2n) is 5.47. The maximum Gasteiger partial charge on any atom is 0.241 e. The van der Waals surface area contributed by atoms with Crippen molar-refractivity contribution in [2.45, 2.75) is 37.8 Å². The molecule has 0 spiro atoms. The zero-order valence-electron chi connectivity index (χ0n) is 13.7. The van der Waals surface area contributed by atoms with Gasteiger partial charge in [-0.05, 0) is 37.1 Å². The van der Waals surface area contributed by atoms with Crippen molar-refractivity contribution in [3.05, 3.63) is 59.9 Å². The van der Waals surface area contributed by atoms with Gasteiger partial charge in [0.2, 0.25) is 15.9 Å². The van der Waals surface area contributed by atoms with Crippen LogP contribution in [0.1, 0.15) is 24.5 Å². The number of rotatable bonds is 7. The summed E-state index contributed by atoms with van der Waals surface area (Å²) in [7, 11) is -3.74. The number of aryl methyl sites for hydroxylation is 1. The van der Waals surface area contributed by atoms with E-state index in [4.69, 9.17) is 0 Å². The van der Waals surface area contributed by atoms with E-state index in [0.29, 0.717) is 13.0 Å². The number of pyridine rings is 1. The van der Waals surface area contributed by atoms with Gasteiger partial charge in [-0.15, -0.1) is 0 Å². The molecule has 1 aromatic heterocycles. The van der Waals surface area contributed by atoms with Crippen LogP contribution in [0.25, 0.3) is 0 Å². The van der Waals surface area contributed by atoms with Gasteiger partial charge in [-0.2, -0.15) is 4.72 Å². The molecule has 0 radical (unpaired) electrons. The van der Waals surface area contributed by atoms with Crippen LogP contribution in [0, 0.1) is 6.92 Å². The van der Waals surface area contributed by atoms with Crippen molar-refractivity contribution in [1.29, 1.82) is 0 Å². The van der Waals surface area contributed by atoms with Crippen molar-refractivity contribution in [1.82, 2.24) is 15.0 Å². The fourth-order valence-corrected chi connectivity index (χ4v) is 3.39. The summed E-state index contributed by atoms with van der Waals surface area (Å²) in [5, 5.41) is 2.73. The summed E-state index contributed by atoms with van der Waals surface area (Å²) in [4.78, 5) is 16.4. The van der Waals surface area contributed by atoms with E-state index in [0.717, 1.165) is 11.1 Å². The van der Waals surface area contributed by atoms with Gasteiger partial charge in [0.05, 0.1) is 4.90 Å². The zero-order chi connectivity index (χ0) is 17.6. The van der Waals surface area contributed by atoms with Crippen LogP contribution < -0.4 is 10.0 Å². The topological polar surface area (TPSA) is 88.2 Å². The van der Waals surface area contributed by atoms with E-state index >= 15 is 0 Å². The fourth-order valence-electron chi connectivity index (χ4n) is 2.11. The number of benzene rings is 1. The Kier molecular flexibility index (Phi) is 6.05. The summed E-state index contributed by atoms with van der Waals surface area (Å²) in [5.74, 6) is -0.364. The van der Waals surface area contributed by atoms with Crippen molar-refractivity contribution in [2.75, 3.05) is 0 Å². The molecular formula is C17H21N3O3S. The molecule has 0 saturated carbocycles. The number of carbonyl (C=O) groups excluding carboxylic acids is 1. The third-order valence-corrected chi connectivity index (χ3v) is 5.03. The van der Waals surface area contributed by atoms with E-state index in [-0.39, 0.29) is 10.8 Å². The van der Waals surface area contributed by atoms with Gasteiger partial charge in [-0.1, -0.05) is 30.7 Å². The molecule has 1 atom stereocenters. The average Bonchev–Trinajstić information content (AvgIpc) is 2.59. The van der Waals surface area contributed by atoms with Crippen molar-refractivity contribution < 1.29 is 13.2 Å². The zero-order valence-corrected chi connectivity index (χ0v) is 14.5. The molecule has 0 aliphatic rings. The lowest BCUT2D eigenvalue weighted by Gasteiger charge is -2.17. The molecule has 0 unspecified atom stereocenters. The average molecular weight is 347 g/mol. The summed E-state index contributed by atoms with van der Waals surface area (Å²) >= 11 is 0. The van der Waals surface area contributed by atoms with Crippen LogP contribution >= 0.6 is 0 Å². The normalized spacial score (nSPS) is 12.6. The molecule has 0 saturated heterocycles. The second kappa shape index (κ2) is 8.03. The van der Waals surface area contributed by atoms with Crippen molar-refractivity contribution in [3.8, 4) is 0 Å². The first-order valence-electron chi connectivity index (χ1n) is 7.68. The van der Waals surface area contributed by atoms with Gasteiger partial charge in [0.25, 0.3) is 0 Å². The molecule has 7 heteroatoms. The second-order valence-corrected chi connectivity index (χ2v) is 7.19. The molecular weight excluding hydrogens is 326 g/mol. The molecule has 0 aliphatic carbocycles. The lowest BCUT2D eigenvalue weighted by Crippen LogP contribution is -2.46. The molecule has 1 amide bonds. The van der Waals surface area contributed by atoms with Crippen LogP contribution in [0.5, 0.6) is 0 Å². The van der Waals surface area contributed by atoms with Crippen LogP contribution in [0.2, 0.25) is 0 Å². The lowest BCUT2D eigenvalue weighted by atomic mass is 10.2. The number of hydrogen-bond donors (Lipinski definition) is 2. The van der Waals surface area contributed by atoms with Crippen molar-refractivity contribution in [2.24, 2.45) is 0 Å². The summed E-state index contributed by atoms with van der Waals surface area (Å²) < 4.78 is 27.2. The van der Waals surface area contributed by atoms with Crippen molar-refractivity contribution >= 4 is 15.9 Å². The standard InChI is InChI=1S/C17H21N3O3S/c1-3-16(17(21)19-12-14-5-4-10-18-11-14)20-24(22,23)15-8-6-13(2)7-9-15/h4-11,16,20H,3,12H2,1-2H3,(H,19,21)/t16-/m1/s1. The van der Waals surface area contributed by atoms with E-state index in [9.17, 15) is 13.2 Å². The monoisotopic (exact) mass is 347 g/mol. The minimum atomic E-state index is -3.74. The van der Waals surface area contributed by atoms with Gasteiger partial charge in [-0.25, -0.2) is 8.42 Å². The maximum atomic E-state index is 12.4. The Hall–Kier alpha value is -2.25. The summed E-state index contributed by atoms with van der Waals surface area (Å²) in [6.07, 6.45) is 3.65. The molecule has 24 heavy (non-hydrogen) atoms. The van der Waals surface area contributed by atoms with Crippen LogP contribution in [0.3, 0.4) is 0 Å². The first-order valence-corrected chi connectivity index (χ1v) is 9.16. The Labute approximate surface area is 142 Å². The first-order chi connectivity index (χ1) is 11.4. The Morgan fingerprint density at radius 3 is 2.50 bits per heavy atom. The number of amides is 1. The first kappa shape index (κ1) is 18.1. The Morgan fingerprint density at radius 1 is 1.21 bits per heavy atom. The molecule has 2 aromatic rings. The molecule has 6 nitrogen and oxygen atoms in total. The lowest BCUT2D eigenvalue weighted by molar-refractivity contribution is -0.122. The number of nitrogens with one attached hydrogen (secondary N) is 2. The van der Waals surface area contributed by atoms with Gasteiger partial charge < -0.3 is 5.32 Å². The number of nitrogens with zero attached hydrogens (tertiary/aromatic N) is 1. The number of hydrogen-bond acceptors (Lipinski definition) is 4. The van der Waals surface area contributed by atoms with E-state index < -0.39 is 16.1 Å². The Bertz CT molecular complexity index is 774. The number of carbonyl (C=O) groups is 1. The van der Waals surface area contributed by atoms with Crippen LogP contribution in [0.4, 0.5) is 0 Å². The minimum absolute atomic E-state index is 0.145.